The molecule has 1 aliphatic heterocycles. The number of rotatable bonds is 12. The number of aliphatic carboxylic acids is 1. The summed E-state index contributed by atoms with van der Waals surface area (Å²) in [6, 6.07) is 10.7. The van der Waals surface area contributed by atoms with Crippen LogP contribution in [0.5, 0.6) is 5.75 Å². The summed E-state index contributed by atoms with van der Waals surface area (Å²) in [5, 5.41) is 10.4. The Balaban J connectivity index is 0.00000235. The maximum absolute atomic E-state index is 11.7. The Hall–Kier alpha value is -2.61. The third kappa shape index (κ3) is 8.73. The number of imide groups is 1. The molecule has 37 heavy (non-hydrogen) atoms. The number of nitrogens with zero attached hydrogens (tertiary/aromatic N) is 2. The number of carboxylic acid groups (broad SMARTS) is 1. The fourth-order valence-electron chi connectivity index (χ4n) is 4.30. The molecule has 0 spiro atoms. The Morgan fingerprint density at radius 2 is 1.76 bits per heavy atom. The first-order valence-electron chi connectivity index (χ1n) is 12.7. The minimum Gasteiger partial charge on any atom is -0.491 e. The van der Waals surface area contributed by atoms with Gasteiger partial charge in [0.05, 0.1) is 23.0 Å². The highest BCUT2D eigenvalue weighted by Gasteiger charge is 2.28. The smallest absolute Gasteiger partial charge is 0.305 e. The van der Waals surface area contributed by atoms with E-state index in [9.17, 15) is 19.5 Å². The van der Waals surface area contributed by atoms with Crippen LogP contribution in [0.2, 0.25) is 10.0 Å². The second-order valence-electron chi connectivity index (χ2n) is 8.65. The molecule has 1 unspecified atom stereocenters. The van der Waals surface area contributed by atoms with Gasteiger partial charge in [-0.2, -0.15) is 0 Å². The zero-order chi connectivity index (χ0) is 27.5. The summed E-state index contributed by atoms with van der Waals surface area (Å²) in [5.41, 5.74) is 2.74. The Kier molecular flexibility index (Phi) is 12.4. The van der Waals surface area contributed by atoms with E-state index < -0.39 is 5.97 Å². The molecule has 2 aromatic rings. The van der Waals surface area contributed by atoms with Crippen molar-refractivity contribution in [1.29, 1.82) is 0 Å². The van der Waals surface area contributed by atoms with Gasteiger partial charge in [-0.25, -0.2) is 0 Å². The number of halogens is 2. The minimum atomic E-state index is -0.892. The average Bonchev–Trinajstić information content (AvgIpc) is 3.18. The lowest BCUT2D eigenvalue weighted by Gasteiger charge is -2.31. The topological polar surface area (TPSA) is 87.2 Å². The predicted molar refractivity (Wildman–Crippen MR) is 146 cm³/mol. The largest absolute Gasteiger partial charge is 0.491 e. The Morgan fingerprint density at radius 1 is 1.08 bits per heavy atom. The predicted octanol–water partition coefficient (Wildman–Crippen LogP) is 6.28. The molecule has 3 rings (SSSR count). The number of likely N-dealkylation sites (tertiary alicyclic amines) is 1. The number of carbonyl (C=O) groups is 3. The van der Waals surface area contributed by atoms with Crippen LogP contribution in [-0.2, 0) is 20.9 Å². The van der Waals surface area contributed by atoms with E-state index in [1.165, 1.54) is 4.90 Å². The fraction of sp³-hybridized carbons (Fsp3) is 0.464. The van der Waals surface area contributed by atoms with Crippen molar-refractivity contribution in [2.75, 3.05) is 19.7 Å². The number of hydrogen-bond acceptors (Lipinski definition) is 5. The van der Waals surface area contributed by atoms with Crippen LogP contribution in [0.25, 0.3) is 0 Å². The van der Waals surface area contributed by atoms with Gasteiger partial charge < -0.3 is 9.84 Å². The van der Waals surface area contributed by atoms with Crippen molar-refractivity contribution in [1.82, 2.24) is 9.80 Å². The zero-order valence-corrected chi connectivity index (χ0v) is 23.4. The molecule has 0 aliphatic carbocycles. The van der Waals surface area contributed by atoms with Gasteiger partial charge in [0, 0.05) is 25.4 Å². The molecule has 2 amide bonds. The van der Waals surface area contributed by atoms with Crippen molar-refractivity contribution >= 4 is 41.0 Å². The lowest BCUT2D eigenvalue weighted by Crippen LogP contribution is -2.33. The van der Waals surface area contributed by atoms with Gasteiger partial charge in [-0.05, 0) is 54.8 Å². The van der Waals surface area contributed by atoms with E-state index in [4.69, 9.17) is 27.9 Å². The van der Waals surface area contributed by atoms with Crippen LogP contribution >= 0.6 is 23.2 Å². The van der Waals surface area contributed by atoms with Gasteiger partial charge in [-0.3, -0.25) is 24.2 Å². The number of amides is 2. The van der Waals surface area contributed by atoms with Crippen LogP contribution in [0.3, 0.4) is 0 Å². The summed E-state index contributed by atoms with van der Waals surface area (Å²) in [6.45, 7) is 9.71. The molecule has 1 aliphatic rings. The molecule has 2 aromatic carbocycles. The van der Waals surface area contributed by atoms with Crippen molar-refractivity contribution < 1.29 is 24.2 Å². The van der Waals surface area contributed by atoms with Crippen LogP contribution in [0.4, 0.5) is 0 Å². The highest BCUT2D eigenvalue weighted by molar-refractivity contribution is 6.42. The van der Waals surface area contributed by atoms with Gasteiger partial charge >= 0.3 is 5.97 Å². The first kappa shape index (κ1) is 30.6. The summed E-state index contributed by atoms with van der Waals surface area (Å²) in [7, 11) is 0. The summed E-state index contributed by atoms with van der Waals surface area (Å²) in [4.78, 5) is 38.6. The van der Waals surface area contributed by atoms with Crippen molar-refractivity contribution in [3.05, 3.63) is 63.1 Å². The lowest BCUT2D eigenvalue weighted by molar-refractivity contribution is -0.140. The standard InChI is InChI=1S/C26H30Cl2N2O5.C2H6/c1-3-10-29(22(15-26(33)34)19-5-6-20(27)21(28)14-19)16-18-4-7-23(17(2)13-18)35-12-11-30-24(31)8-9-25(30)32;1-2/h4-7,13-14,22H,3,8-12,15-16H2,1-2H3,(H,33,34);1-2H3. The number of carbonyl (C=O) groups excluding carboxylic acids is 2. The molecule has 202 valence electrons. The third-order valence-electron chi connectivity index (χ3n) is 6.00. The number of benzene rings is 2. The molecule has 1 fully saturated rings. The van der Waals surface area contributed by atoms with Crippen LogP contribution in [0, 0.1) is 6.92 Å². The van der Waals surface area contributed by atoms with E-state index >= 15 is 0 Å². The normalized spacial score (nSPS) is 14.0. The van der Waals surface area contributed by atoms with Gasteiger partial charge in [-0.15, -0.1) is 0 Å². The van der Waals surface area contributed by atoms with E-state index in [1.54, 1.807) is 12.1 Å². The number of aryl methyl sites for hydroxylation is 1. The lowest BCUT2D eigenvalue weighted by atomic mass is 10.00. The first-order valence-corrected chi connectivity index (χ1v) is 13.4. The molecule has 7 nitrogen and oxygen atoms in total. The van der Waals surface area contributed by atoms with Gasteiger partial charge in [0.15, 0.2) is 0 Å². The highest BCUT2D eigenvalue weighted by atomic mass is 35.5. The monoisotopic (exact) mass is 550 g/mol. The van der Waals surface area contributed by atoms with Crippen LogP contribution in [-0.4, -0.2) is 52.4 Å². The highest BCUT2D eigenvalue weighted by Crippen LogP contribution is 2.32. The molecule has 1 saturated heterocycles. The molecule has 0 bridgehead atoms. The molecular weight excluding hydrogens is 515 g/mol. The molecule has 0 radical (unpaired) electrons. The van der Waals surface area contributed by atoms with Crippen molar-refractivity contribution in [3.8, 4) is 5.75 Å². The molecule has 0 aromatic heterocycles. The molecule has 1 atom stereocenters. The number of ether oxygens (including phenoxy) is 1. The molecular formula is C28H36Cl2N2O5. The van der Waals surface area contributed by atoms with E-state index in [0.717, 1.165) is 23.1 Å². The average molecular weight is 552 g/mol. The molecule has 9 heteroatoms. The Bertz CT molecular complexity index is 1080. The summed E-state index contributed by atoms with van der Waals surface area (Å²) in [5.74, 6) is -0.516. The molecule has 0 saturated carbocycles. The second-order valence-corrected chi connectivity index (χ2v) is 9.46. The second kappa shape index (κ2) is 15.0. The minimum absolute atomic E-state index is 0.0634. The summed E-state index contributed by atoms with van der Waals surface area (Å²) >= 11 is 12.3. The zero-order valence-electron chi connectivity index (χ0n) is 21.9. The molecule has 1 N–H and O–H groups in total. The van der Waals surface area contributed by atoms with E-state index in [2.05, 4.69) is 11.8 Å². The number of carboxylic acids is 1. The first-order chi connectivity index (χ1) is 17.7. The van der Waals surface area contributed by atoms with Gasteiger partial charge in [0.2, 0.25) is 11.8 Å². The Labute approximate surface area is 229 Å². The maximum Gasteiger partial charge on any atom is 0.305 e. The summed E-state index contributed by atoms with van der Waals surface area (Å²) in [6.07, 6.45) is 1.33. The van der Waals surface area contributed by atoms with Crippen molar-refractivity contribution in [2.24, 2.45) is 0 Å². The summed E-state index contributed by atoms with van der Waals surface area (Å²) < 4.78 is 5.83. The fourth-order valence-corrected chi connectivity index (χ4v) is 4.61. The SMILES string of the molecule is CC.CCCN(Cc1ccc(OCCN2C(=O)CCC2=O)c(C)c1)C(CC(=O)O)c1ccc(Cl)c(Cl)c1. The van der Waals surface area contributed by atoms with Crippen LogP contribution in [0.15, 0.2) is 36.4 Å². The van der Waals surface area contributed by atoms with Crippen LogP contribution in [0.1, 0.15) is 69.2 Å². The van der Waals surface area contributed by atoms with E-state index in [-0.39, 0.29) is 50.3 Å². The van der Waals surface area contributed by atoms with Gasteiger partial charge in [0.1, 0.15) is 12.4 Å². The van der Waals surface area contributed by atoms with E-state index in [0.29, 0.717) is 28.9 Å². The van der Waals surface area contributed by atoms with Crippen molar-refractivity contribution in [2.45, 2.75) is 66.0 Å². The van der Waals surface area contributed by atoms with Gasteiger partial charge in [0.25, 0.3) is 0 Å². The maximum atomic E-state index is 11.7. The molecule has 1 heterocycles. The van der Waals surface area contributed by atoms with E-state index in [1.807, 2.05) is 45.0 Å². The van der Waals surface area contributed by atoms with Crippen LogP contribution < -0.4 is 4.74 Å². The number of hydrogen-bond donors (Lipinski definition) is 1. The van der Waals surface area contributed by atoms with Crippen molar-refractivity contribution in [3.63, 3.8) is 0 Å². The quantitative estimate of drug-likeness (QED) is 0.312. The van der Waals surface area contributed by atoms with Gasteiger partial charge in [-0.1, -0.05) is 62.2 Å². The third-order valence-corrected chi connectivity index (χ3v) is 6.74. The Morgan fingerprint density at radius 3 is 2.32 bits per heavy atom.